The van der Waals surface area contributed by atoms with E-state index in [-0.39, 0.29) is 26.4 Å². The summed E-state index contributed by atoms with van der Waals surface area (Å²) >= 11 is 0. The first-order chi connectivity index (χ1) is 10.3. The molecule has 0 amide bonds. The molecule has 0 radical (unpaired) electrons. The van der Waals surface area contributed by atoms with Crippen molar-refractivity contribution in [1.29, 1.82) is 0 Å². The fourth-order valence-electron chi connectivity index (χ4n) is 1.94. The van der Waals surface area contributed by atoms with Crippen molar-refractivity contribution in [3.63, 3.8) is 0 Å². The SMILES string of the molecule is CCCCCCCCCCC=CN(OCCO)OCCO. The number of rotatable bonds is 16. The van der Waals surface area contributed by atoms with Gasteiger partial charge in [0.15, 0.2) is 0 Å². The Hall–Kier alpha value is -0.620. The van der Waals surface area contributed by atoms with Gasteiger partial charge in [-0.3, -0.25) is 0 Å². The molecule has 0 aliphatic heterocycles. The van der Waals surface area contributed by atoms with Crippen molar-refractivity contribution in [2.24, 2.45) is 0 Å². The van der Waals surface area contributed by atoms with Crippen molar-refractivity contribution in [1.82, 2.24) is 5.23 Å². The summed E-state index contributed by atoms with van der Waals surface area (Å²) in [7, 11) is 0. The molecule has 0 saturated heterocycles. The van der Waals surface area contributed by atoms with E-state index in [0.717, 1.165) is 12.8 Å². The lowest BCUT2D eigenvalue weighted by Gasteiger charge is -2.17. The summed E-state index contributed by atoms with van der Waals surface area (Å²) in [4.78, 5) is 10.3. The Balaban J connectivity index is 3.51. The molecule has 0 aliphatic rings. The minimum atomic E-state index is -0.0646. The van der Waals surface area contributed by atoms with Crippen LogP contribution in [0.25, 0.3) is 0 Å². The van der Waals surface area contributed by atoms with Crippen LogP contribution in [-0.2, 0) is 9.68 Å². The standard InChI is InChI=1S/C16H33NO4/c1-2-3-4-5-6-7-8-9-10-11-12-17(20-15-13-18)21-16-14-19/h11-12,18-19H,2-10,13-16H2,1H3. The number of aliphatic hydroxyl groups excluding tert-OH is 2. The Morgan fingerprint density at radius 1 is 0.810 bits per heavy atom. The first kappa shape index (κ1) is 20.4. The second kappa shape index (κ2) is 17.4. The zero-order valence-electron chi connectivity index (χ0n) is 13.5. The van der Waals surface area contributed by atoms with Gasteiger partial charge in [0.1, 0.15) is 13.2 Å². The van der Waals surface area contributed by atoms with Crippen LogP contribution < -0.4 is 0 Å². The Morgan fingerprint density at radius 3 is 1.86 bits per heavy atom. The van der Waals surface area contributed by atoms with Crippen LogP contribution in [0.5, 0.6) is 0 Å². The molecular weight excluding hydrogens is 270 g/mol. The topological polar surface area (TPSA) is 62.2 Å². The minimum Gasteiger partial charge on any atom is -0.394 e. The van der Waals surface area contributed by atoms with Gasteiger partial charge < -0.3 is 10.2 Å². The van der Waals surface area contributed by atoms with Gasteiger partial charge in [0.25, 0.3) is 0 Å². The van der Waals surface area contributed by atoms with Gasteiger partial charge in [0.2, 0.25) is 0 Å². The highest BCUT2D eigenvalue weighted by Crippen LogP contribution is 2.10. The van der Waals surface area contributed by atoms with E-state index in [0.29, 0.717) is 0 Å². The highest BCUT2D eigenvalue weighted by Gasteiger charge is 1.99. The molecule has 126 valence electrons. The van der Waals surface area contributed by atoms with Crippen molar-refractivity contribution in [3.8, 4) is 0 Å². The first-order valence-electron chi connectivity index (χ1n) is 8.28. The molecule has 0 fully saturated rings. The molecule has 5 nitrogen and oxygen atoms in total. The zero-order valence-corrected chi connectivity index (χ0v) is 13.5. The van der Waals surface area contributed by atoms with E-state index < -0.39 is 0 Å². The number of unbranched alkanes of at least 4 members (excludes halogenated alkanes) is 8. The normalized spacial score (nSPS) is 11.4. The number of hydrogen-bond donors (Lipinski definition) is 2. The molecule has 0 aromatic rings. The van der Waals surface area contributed by atoms with Gasteiger partial charge in [-0.15, -0.1) is 5.23 Å². The van der Waals surface area contributed by atoms with Crippen LogP contribution in [-0.4, -0.2) is 41.9 Å². The van der Waals surface area contributed by atoms with Crippen LogP contribution in [0, 0.1) is 0 Å². The number of hydroxylamine groups is 2. The van der Waals surface area contributed by atoms with E-state index >= 15 is 0 Å². The summed E-state index contributed by atoms with van der Waals surface area (Å²) in [6, 6.07) is 0. The summed E-state index contributed by atoms with van der Waals surface area (Å²) < 4.78 is 0. The predicted octanol–water partition coefficient (Wildman–Crippen LogP) is 3.18. The quantitative estimate of drug-likeness (QED) is 0.339. The number of nitrogens with zero attached hydrogens (tertiary/aromatic N) is 1. The van der Waals surface area contributed by atoms with E-state index in [9.17, 15) is 0 Å². The average molecular weight is 303 g/mol. The Morgan fingerprint density at radius 2 is 1.33 bits per heavy atom. The van der Waals surface area contributed by atoms with E-state index in [1.807, 2.05) is 6.08 Å². The minimum absolute atomic E-state index is 0.0646. The maximum atomic E-state index is 8.71. The molecule has 0 saturated carbocycles. The zero-order chi connectivity index (χ0) is 15.6. The maximum absolute atomic E-state index is 8.71. The third-order valence-electron chi connectivity index (χ3n) is 3.07. The summed E-state index contributed by atoms with van der Waals surface area (Å²) in [6.45, 7) is 2.46. The van der Waals surface area contributed by atoms with Crippen LogP contribution in [0.4, 0.5) is 0 Å². The van der Waals surface area contributed by atoms with Gasteiger partial charge in [-0.05, 0) is 12.8 Å². The second-order valence-corrected chi connectivity index (χ2v) is 5.05. The van der Waals surface area contributed by atoms with E-state index in [2.05, 4.69) is 6.92 Å². The molecule has 0 unspecified atom stereocenters. The van der Waals surface area contributed by atoms with Crippen molar-refractivity contribution >= 4 is 0 Å². The van der Waals surface area contributed by atoms with E-state index in [4.69, 9.17) is 19.9 Å². The molecular formula is C16H33NO4. The van der Waals surface area contributed by atoms with Gasteiger partial charge in [-0.2, -0.15) is 0 Å². The summed E-state index contributed by atoms with van der Waals surface area (Å²) in [6.07, 6.45) is 15.1. The average Bonchev–Trinajstić information content (AvgIpc) is 2.51. The molecule has 21 heavy (non-hydrogen) atoms. The van der Waals surface area contributed by atoms with E-state index in [1.54, 1.807) is 6.20 Å². The highest BCUT2D eigenvalue weighted by molar-refractivity contribution is 4.76. The number of hydrogen-bond acceptors (Lipinski definition) is 5. The molecule has 0 spiro atoms. The molecule has 0 rings (SSSR count). The van der Waals surface area contributed by atoms with Crippen molar-refractivity contribution in [2.45, 2.75) is 64.7 Å². The lowest BCUT2D eigenvalue weighted by Crippen LogP contribution is -2.22. The fraction of sp³-hybridized carbons (Fsp3) is 0.875. The van der Waals surface area contributed by atoms with Crippen LogP contribution in [0.2, 0.25) is 0 Å². The predicted molar refractivity (Wildman–Crippen MR) is 84.3 cm³/mol. The third-order valence-corrected chi connectivity index (χ3v) is 3.07. The van der Waals surface area contributed by atoms with Crippen molar-refractivity contribution in [2.75, 3.05) is 26.4 Å². The Kier molecular flexibility index (Phi) is 16.9. The second-order valence-electron chi connectivity index (χ2n) is 5.05. The maximum Gasteiger partial charge on any atom is 0.101 e. The van der Waals surface area contributed by atoms with Crippen molar-refractivity contribution in [3.05, 3.63) is 12.3 Å². The van der Waals surface area contributed by atoms with Crippen LogP contribution in [0.3, 0.4) is 0 Å². The molecule has 0 aromatic heterocycles. The molecule has 0 bridgehead atoms. The van der Waals surface area contributed by atoms with Gasteiger partial charge >= 0.3 is 0 Å². The van der Waals surface area contributed by atoms with Gasteiger partial charge in [-0.1, -0.05) is 57.9 Å². The van der Waals surface area contributed by atoms with Crippen molar-refractivity contribution < 1.29 is 19.9 Å². The van der Waals surface area contributed by atoms with Gasteiger partial charge in [0.05, 0.1) is 19.4 Å². The molecule has 0 heterocycles. The molecule has 0 atom stereocenters. The fourth-order valence-corrected chi connectivity index (χ4v) is 1.94. The van der Waals surface area contributed by atoms with Crippen LogP contribution in [0.15, 0.2) is 12.3 Å². The Labute approximate surface area is 129 Å². The smallest absolute Gasteiger partial charge is 0.101 e. The van der Waals surface area contributed by atoms with Gasteiger partial charge in [-0.25, -0.2) is 9.68 Å². The Bertz CT molecular complexity index is 216. The van der Waals surface area contributed by atoms with Crippen LogP contribution >= 0.6 is 0 Å². The summed E-state index contributed by atoms with van der Waals surface area (Å²) in [5.74, 6) is 0. The molecule has 0 aliphatic carbocycles. The van der Waals surface area contributed by atoms with Gasteiger partial charge in [0, 0.05) is 0 Å². The monoisotopic (exact) mass is 303 g/mol. The van der Waals surface area contributed by atoms with Crippen LogP contribution in [0.1, 0.15) is 64.7 Å². The van der Waals surface area contributed by atoms with E-state index in [1.165, 1.54) is 50.2 Å². The lowest BCUT2D eigenvalue weighted by atomic mass is 10.1. The molecule has 2 N–H and O–H groups in total. The summed E-state index contributed by atoms with van der Waals surface area (Å²) in [5.41, 5.74) is 0. The number of allylic oxidation sites excluding steroid dienone is 1. The lowest BCUT2D eigenvalue weighted by molar-refractivity contribution is -0.339. The third kappa shape index (κ3) is 15.6. The highest BCUT2D eigenvalue weighted by atomic mass is 16.9. The summed E-state index contributed by atoms with van der Waals surface area (Å²) in [5, 5.41) is 18.6. The molecule has 5 heteroatoms. The largest absolute Gasteiger partial charge is 0.394 e. The number of aliphatic hydroxyl groups is 2. The first-order valence-corrected chi connectivity index (χ1v) is 8.28. The molecule has 0 aromatic carbocycles.